The largest absolute Gasteiger partial charge is 0.444 e. The van der Waals surface area contributed by atoms with Crippen molar-refractivity contribution in [3.63, 3.8) is 0 Å². The summed E-state index contributed by atoms with van der Waals surface area (Å²) in [5.74, 6) is -0.228. The molecule has 0 unspecified atom stereocenters. The second-order valence-electron chi connectivity index (χ2n) is 20.9. The molecular formula is C53H60Cl2F6N16O8. The minimum Gasteiger partial charge on any atom is -0.444 e. The molecule has 0 radical (unpaired) electrons. The Bertz CT molecular complexity index is 3710. The van der Waals surface area contributed by atoms with Crippen LogP contribution in [-0.4, -0.2) is 155 Å². The van der Waals surface area contributed by atoms with Gasteiger partial charge in [-0.05, 0) is 69.7 Å². The number of hydrogen-bond acceptors (Lipinski definition) is 17. The Hall–Kier alpha value is -7.67. The third-order valence-corrected chi connectivity index (χ3v) is 14.6. The van der Waals surface area contributed by atoms with Crippen LogP contribution in [0.4, 0.5) is 53.9 Å². The Morgan fingerprint density at radius 3 is 1.45 bits per heavy atom. The highest BCUT2D eigenvalue weighted by atomic mass is 35.5. The van der Waals surface area contributed by atoms with Gasteiger partial charge >= 0.3 is 18.4 Å². The fraction of sp³-hybridized carbons (Fsp3) is 0.491. The van der Waals surface area contributed by atoms with Gasteiger partial charge in [-0.3, -0.25) is 19.2 Å². The maximum atomic E-state index is 14.0. The topological polar surface area (TPSA) is 255 Å². The lowest BCUT2D eigenvalue weighted by Gasteiger charge is -2.37. The van der Waals surface area contributed by atoms with E-state index in [-0.39, 0.29) is 51.6 Å². The van der Waals surface area contributed by atoms with Crippen molar-refractivity contribution in [1.29, 1.82) is 0 Å². The molecule has 6 aromatic rings. The predicted molar refractivity (Wildman–Crippen MR) is 301 cm³/mol. The molecule has 6 aromatic heterocycles. The number of nitrogens with one attached hydrogen (secondary N) is 3. The molecule has 3 N–H and O–H groups in total. The minimum absolute atomic E-state index is 0.0679. The fourth-order valence-corrected chi connectivity index (χ4v) is 10.3. The maximum absolute atomic E-state index is 14.0. The number of anilines is 4. The van der Waals surface area contributed by atoms with Gasteiger partial charge in [0.25, 0.3) is 11.1 Å². The Labute approximate surface area is 490 Å². The summed E-state index contributed by atoms with van der Waals surface area (Å²) >= 11 is 12.1. The van der Waals surface area contributed by atoms with Crippen LogP contribution in [0.15, 0.2) is 46.3 Å². The number of carbonyl (C=O) groups is 3. The molecule has 24 nitrogen and oxygen atoms in total. The van der Waals surface area contributed by atoms with Crippen molar-refractivity contribution in [2.75, 3.05) is 99.2 Å². The van der Waals surface area contributed by atoms with E-state index in [2.05, 4.69) is 46.1 Å². The summed E-state index contributed by atoms with van der Waals surface area (Å²) in [4.78, 5) is 88.4. The molecule has 4 aliphatic heterocycles. The Morgan fingerprint density at radius 2 is 1.08 bits per heavy atom. The Morgan fingerprint density at radius 1 is 0.659 bits per heavy atom. The summed E-state index contributed by atoms with van der Waals surface area (Å²) in [5, 5.41) is 16.7. The second-order valence-corrected chi connectivity index (χ2v) is 21.7. The standard InChI is InChI=1S/C29H34ClF3N8O5.C24H26ClF3N8O3/c1-5-20-23(38-8-10-39(11-9-38)27(44)46-28(2,3)4)25(43)41-26(36-24(37-41)17-6-12-45-13-7-17)40(20)16-22(42)35-19-15-34-21(14-18(19)30)29(31,32)33;1-2-17-20(34-7-5-29-6-8-34)22(38)36-23(32-21(33-36)14-3-9-39-10-4-14)35(17)13-19(37)31-16-12-30-18(11-15(16)25)24(26,27)28/h6,14-15H,5,7-13,16H2,1-4H3,(H,35,42);3,11-12,29H,2,4-10,13H2,1H3,(H,31,37). The number of halogens is 8. The molecule has 2 fully saturated rings. The molecule has 85 heavy (non-hydrogen) atoms. The van der Waals surface area contributed by atoms with Crippen LogP contribution < -0.4 is 36.9 Å². The zero-order valence-electron chi connectivity index (χ0n) is 46.8. The summed E-state index contributed by atoms with van der Waals surface area (Å²) in [7, 11) is 0. The third kappa shape index (κ3) is 14.0. The van der Waals surface area contributed by atoms with E-state index in [0.717, 1.165) is 28.1 Å². The van der Waals surface area contributed by atoms with E-state index in [1.54, 1.807) is 34.8 Å². The lowest BCUT2D eigenvalue weighted by Crippen LogP contribution is -2.51. The van der Waals surface area contributed by atoms with E-state index in [1.807, 2.05) is 35.8 Å². The van der Waals surface area contributed by atoms with Gasteiger partial charge in [-0.1, -0.05) is 49.2 Å². The van der Waals surface area contributed by atoms with E-state index in [1.165, 1.54) is 4.52 Å². The summed E-state index contributed by atoms with van der Waals surface area (Å²) in [6.45, 7) is 13.9. The van der Waals surface area contributed by atoms with Crippen LogP contribution in [0.2, 0.25) is 10.0 Å². The van der Waals surface area contributed by atoms with Crippen molar-refractivity contribution < 1.29 is 54.9 Å². The average molecular weight is 1230 g/mol. The van der Waals surface area contributed by atoms with Gasteiger partial charge in [-0.2, -0.15) is 45.3 Å². The molecule has 32 heteroatoms. The zero-order chi connectivity index (χ0) is 61.1. The lowest BCUT2D eigenvalue weighted by molar-refractivity contribution is -0.141. The quantitative estimate of drug-likeness (QED) is 0.112. The van der Waals surface area contributed by atoms with E-state index < -0.39 is 52.8 Å². The van der Waals surface area contributed by atoms with Crippen molar-refractivity contribution in [3.8, 4) is 0 Å². The van der Waals surface area contributed by atoms with Crippen LogP contribution in [0.1, 0.15) is 81.9 Å². The first-order chi connectivity index (χ1) is 40.3. The van der Waals surface area contributed by atoms with E-state index in [0.29, 0.717) is 151 Å². The number of piperazine rings is 2. The molecule has 0 saturated carbocycles. The van der Waals surface area contributed by atoms with Crippen LogP contribution in [-0.2, 0) is 62.1 Å². The number of fused-ring (bicyclic) bond motifs is 2. The van der Waals surface area contributed by atoms with E-state index in [9.17, 15) is 50.3 Å². The maximum Gasteiger partial charge on any atom is 0.433 e. The van der Waals surface area contributed by atoms with E-state index in [4.69, 9.17) is 37.4 Å². The van der Waals surface area contributed by atoms with Crippen molar-refractivity contribution in [2.24, 2.45) is 0 Å². The first kappa shape index (κ1) is 61.9. The second kappa shape index (κ2) is 25.5. The predicted octanol–water partition coefficient (Wildman–Crippen LogP) is 6.39. The molecule has 2 saturated heterocycles. The molecule has 0 aromatic carbocycles. The number of ether oxygens (including phenoxy) is 3. The molecule has 0 bridgehead atoms. The van der Waals surface area contributed by atoms with Crippen LogP contribution >= 0.6 is 23.2 Å². The van der Waals surface area contributed by atoms with Crippen LogP contribution in [0.5, 0.6) is 0 Å². The molecule has 0 aliphatic carbocycles. The smallest absolute Gasteiger partial charge is 0.433 e. The Kier molecular flexibility index (Phi) is 18.6. The summed E-state index contributed by atoms with van der Waals surface area (Å²) in [6, 6.07) is 1.29. The van der Waals surface area contributed by atoms with Crippen LogP contribution in [0.3, 0.4) is 0 Å². The summed E-state index contributed by atoms with van der Waals surface area (Å²) in [6.07, 6.45) is -2.58. The first-order valence-electron chi connectivity index (χ1n) is 27.2. The molecule has 10 heterocycles. The number of aromatic nitrogens is 10. The molecule has 0 atom stereocenters. The van der Waals surface area contributed by atoms with Crippen molar-refractivity contribution >= 4 is 86.6 Å². The molecule has 4 aliphatic rings. The number of rotatable bonds is 12. The van der Waals surface area contributed by atoms with Gasteiger partial charge < -0.3 is 54.0 Å². The van der Waals surface area contributed by atoms with Gasteiger partial charge in [-0.15, -0.1) is 10.2 Å². The van der Waals surface area contributed by atoms with Gasteiger partial charge in [0.15, 0.2) is 11.6 Å². The monoisotopic (exact) mass is 1230 g/mol. The van der Waals surface area contributed by atoms with Gasteiger partial charge in [0, 0.05) is 52.4 Å². The summed E-state index contributed by atoms with van der Waals surface area (Å²) < 4.78 is 100.0. The van der Waals surface area contributed by atoms with Gasteiger partial charge in [-0.25, -0.2) is 14.8 Å². The zero-order valence-corrected chi connectivity index (χ0v) is 48.3. The summed E-state index contributed by atoms with van der Waals surface area (Å²) in [5.41, 5.74) is -0.500. The highest BCUT2D eigenvalue weighted by Crippen LogP contribution is 2.34. The average Bonchev–Trinajstić information content (AvgIpc) is 1.83. The number of nitrogens with zero attached hydrogens (tertiary/aromatic N) is 13. The van der Waals surface area contributed by atoms with Crippen LogP contribution in [0.25, 0.3) is 22.7 Å². The van der Waals surface area contributed by atoms with Crippen molar-refractivity contribution in [1.82, 2.24) is 58.5 Å². The SMILES string of the molecule is CCc1c(N2CCN(C(=O)OC(C)(C)C)CC2)c(=O)n2nc(C3=CCOCC3)nc2n1CC(=O)Nc1cnc(C(F)(F)F)cc1Cl.CCc1c(N2CCNCC2)c(=O)n2nc(C3=CCOCC3)nc2n1CC(=O)Nc1cnc(C(F)(F)F)cc1Cl. The number of carbonyl (C=O) groups excluding carboxylic acids is 3. The third-order valence-electron chi connectivity index (χ3n) is 13.9. The van der Waals surface area contributed by atoms with Crippen molar-refractivity contribution in [3.05, 3.63) is 102 Å². The van der Waals surface area contributed by atoms with Gasteiger partial charge in [0.05, 0.1) is 71.6 Å². The Balaban J connectivity index is 0.000000206. The molecular weight excluding hydrogens is 1170 g/mol. The first-order valence-corrected chi connectivity index (χ1v) is 27.9. The fourth-order valence-electron chi connectivity index (χ4n) is 9.94. The molecule has 10 rings (SSSR count). The number of amides is 3. The molecule has 0 spiro atoms. The number of hydrogen-bond donors (Lipinski definition) is 3. The number of pyridine rings is 2. The normalized spacial score (nSPS) is 16.2. The van der Waals surface area contributed by atoms with Crippen molar-refractivity contribution in [2.45, 2.75) is 91.3 Å². The molecule has 3 amide bonds. The van der Waals surface area contributed by atoms with Crippen LogP contribution in [0, 0.1) is 0 Å². The van der Waals surface area contributed by atoms with Gasteiger partial charge in [0.2, 0.25) is 23.4 Å². The number of alkyl halides is 6. The van der Waals surface area contributed by atoms with E-state index >= 15 is 0 Å². The minimum atomic E-state index is -4.70. The highest BCUT2D eigenvalue weighted by Gasteiger charge is 2.36. The van der Waals surface area contributed by atoms with Gasteiger partial charge in [0.1, 0.15) is 41.5 Å². The highest BCUT2D eigenvalue weighted by molar-refractivity contribution is 6.34. The molecule has 456 valence electrons. The lowest BCUT2D eigenvalue weighted by atomic mass is 10.1.